The third-order valence-electron chi connectivity index (χ3n) is 5.90. The van der Waals surface area contributed by atoms with Gasteiger partial charge < -0.3 is 10.2 Å². The minimum Gasteiger partial charge on any atom is -0.342 e. The number of hydrogen-bond donors (Lipinski definition) is 2. The van der Waals surface area contributed by atoms with Gasteiger partial charge in [0, 0.05) is 26.2 Å². The van der Waals surface area contributed by atoms with Gasteiger partial charge in [0.1, 0.15) is 0 Å². The lowest BCUT2D eigenvalue weighted by Gasteiger charge is -2.43. The summed E-state index contributed by atoms with van der Waals surface area (Å²) >= 11 is 0. The Hall–Kier alpha value is -0.660. The first-order valence-electron chi connectivity index (χ1n) is 8.85. The molecule has 2 heterocycles. The second-order valence-corrected chi connectivity index (χ2v) is 9.44. The van der Waals surface area contributed by atoms with E-state index in [1.165, 1.54) is 12.7 Å². The fourth-order valence-electron chi connectivity index (χ4n) is 4.67. The quantitative estimate of drug-likeness (QED) is 0.782. The molecule has 0 radical (unpaired) electrons. The molecule has 0 aromatic carbocycles. The highest BCUT2D eigenvalue weighted by atomic mass is 32.2. The van der Waals surface area contributed by atoms with E-state index in [0.717, 1.165) is 51.7 Å². The number of hydrogen-bond acceptors (Lipinski definition) is 4. The molecule has 0 bridgehead atoms. The SMILES string of the molecule is CS(=O)(=O)NCC1CCCN(C(=O)[C@@]23CCCC[C@H]2CNC3)C1. The molecular formula is C16H29N3O3S. The van der Waals surface area contributed by atoms with Crippen molar-refractivity contribution in [3.05, 3.63) is 0 Å². The fourth-order valence-corrected chi connectivity index (χ4v) is 5.21. The summed E-state index contributed by atoms with van der Waals surface area (Å²) in [7, 11) is -3.16. The van der Waals surface area contributed by atoms with Crippen molar-refractivity contribution in [1.29, 1.82) is 0 Å². The number of piperidine rings is 1. The van der Waals surface area contributed by atoms with E-state index in [0.29, 0.717) is 24.9 Å². The Morgan fingerprint density at radius 2 is 2.13 bits per heavy atom. The molecule has 3 rings (SSSR count). The molecule has 3 atom stereocenters. The molecule has 7 heteroatoms. The lowest BCUT2D eigenvalue weighted by Crippen LogP contribution is -2.53. The Morgan fingerprint density at radius 3 is 2.91 bits per heavy atom. The molecule has 6 nitrogen and oxygen atoms in total. The third kappa shape index (κ3) is 3.72. The largest absolute Gasteiger partial charge is 0.342 e. The number of fused-ring (bicyclic) bond motifs is 1. The van der Waals surface area contributed by atoms with Crippen LogP contribution in [0.4, 0.5) is 0 Å². The van der Waals surface area contributed by atoms with Crippen LogP contribution in [0.1, 0.15) is 38.5 Å². The van der Waals surface area contributed by atoms with Crippen LogP contribution < -0.4 is 10.0 Å². The zero-order chi connectivity index (χ0) is 16.5. The summed E-state index contributed by atoms with van der Waals surface area (Å²) in [6.07, 6.45) is 7.70. The highest BCUT2D eigenvalue weighted by Gasteiger charge is 2.51. The lowest BCUT2D eigenvalue weighted by molar-refractivity contribution is -0.147. The molecule has 1 amide bonds. The van der Waals surface area contributed by atoms with Gasteiger partial charge in [0.15, 0.2) is 0 Å². The number of rotatable bonds is 4. The van der Waals surface area contributed by atoms with E-state index in [4.69, 9.17) is 0 Å². The maximum atomic E-state index is 13.3. The topological polar surface area (TPSA) is 78.5 Å². The van der Waals surface area contributed by atoms with Crippen molar-refractivity contribution in [2.24, 2.45) is 17.3 Å². The van der Waals surface area contributed by atoms with Gasteiger partial charge in [-0.05, 0) is 44.1 Å². The van der Waals surface area contributed by atoms with Crippen LogP contribution >= 0.6 is 0 Å². The van der Waals surface area contributed by atoms with Crippen molar-refractivity contribution < 1.29 is 13.2 Å². The average Bonchev–Trinajstić information content (AvgIpc) is 2.97. The number of amides is 1. The number of nitrogens with one attached hydrogen (secondary N) is 2. The summed E-state index contributed by atoms with van der Waals surface area (Å²) in [5, 5.41) is 3.44. The predicted octanol–water partition coefficient (Wildman–Crippen LogP) is 0.554. The van der Waals surface area contributed by atoms with Crippen LogP contribution in [-0.2, 0) is 14.8 Å². The molecule has 2 saturated heterocycles. The van der Waals surface area contributed by atoms with Crippen molar-refractivity contribution in [2.75, 3.05) is 39.0 Å². The molecule has 1 aliphatic carbocycles. The summed E-state index contributed by atoms with van der Waals surface area (Å²) in [5.74, 6) is 1.03. The highest BCUT2D eigenvalue weighted by Crippen LogP contribution is 2.45. The lowest BCUT2D eigenvalue weighted by atomic mass is 9.67. The predicted molar refractivity (Wildman–Crippen MR) is 89.4 cm³/mol. The molecule has 1 saturated carbocycles. The van der Waals surface area contributed by atoms with Gasteiger partial charge in [0.05, 0.1) is 11.7 Å². The van der Waals surface area contributed by atoms with E-state index in [1.54, 1.807) is 0 Å². The van der Waals surface area contributed by atoms with Crippen LogP contribution in [0.2, 0.25) is 0 Å². The third-order valence-corrected chi connectivity index (χ3v) is 6.60. The molecule has 132 valence electrons. The molecular weight excluding hydrogens is 314 g/mol. The van der Waals surface area contributed by atoms with Crippen LogP contribution in [0, 0.1) is 17.3 Å². The van der Waals surface area contributed by atoms with Gasteiger partial charge in [-0.25, -0.2) is 13.1 Å². The van der Waals surface area contributed by atoms with Gasteiger partial charge in [0.2, 0.25) is 15.9 Å². The average molecular weight is 343 g/mol. The first-order chi connectivity index (χ1) is 10.9. The molecule has 1 unspecified atom stereocenters. The van der Waals surface area contributed by atoms with Crippen LogP contribution in [0.15, 0.2) is 0 Å². The minimum atomic E-state index is -3.16. The normalized spacial score (nSPS) is 35.1. The second kappa shape index (κ2) is 6.69. The number of nitrogens with zero attached hydrogens (tertiary/aromatic N) is 1. The molecule has 3 aliphatic rings. The van der Waals surface area contributed by atoms with E-state index < -0.39 is 10.0 Å². The van der Waals surface area contributed by atoms with Gasteiger partial charge in [0.25, 0.3) is 0 Å². The van der Waals surface area contributed by atoms with Gasteiger partial charge in [-0.1, -0.05) is 12.8 Å². The number of carbonyl (C=O) groups excluding carboxylic acids is 1. The van der Waals surface area contributed by atoms with E-state index in [1.807, 2.05) is 4.90 Å². The Labute approximate surface area is 139 Å². The Balaban J connectivity index is 1.65. The molecule has 2 N–H and O–H groups in total. The molecule has 3 fully saturated rings. The van der Waals surface area contributed by atoms with Crippen LogP contribution in [0.3, 0.4) is 0 Å². The van der Waals surface area contributed by atoms with Crippen LogP contribution in [0.25, 0.3) is 0 Å². The fraction of sp³-hybridized carbons (Fsp3) is 0.938. The van der Waals surface area contributed by atoms with Crippen molar-refractivity contribution in [1.82, 2.24) is 14.9 Å². The van der Waals surface area contributed by atoms with Crippen LogP contribution in [-0.4, -0.2) is 58.2 Å². The van der Waals surface area contributed by atoms with Gasteiger partial charge in [-0.15, -0.1) is 0 Å². The standard InChI is InChI=1S/C16H29N3O3S/c1-23(21,22)18-9-13-5-4-8-19(11-13)15(20)16-7-3-2-6-14(16)10-17-12-16/h13-14,17-18H,2-12H2,1H3/t13?,14-,16+/m0/s1. The van der Waals surface area contributed by atoms with Gasteiger partial charge >= 0.3 is 0 Å². The van der Waals surface area contributed by atoms with Crippen molar-refractivity contribution in [2.45, 2.75) is 38.5 Å². The summed E-state index contributed by atoms with van der Waals surface area (Å²) in [4.78, 5) is 15.3. The molecule has 23 heavy (non-hydrogen) atoms. The minimum absolute atomic E-state index is 0.190. The van der Waals surface area contributed by atoms with Crippen molar-refractivity contribution >= 4 is 15.9 Å². The monoisotopic (exact) mass is 343 g/mol. The second-order valence-electron chi connectivity index (χ2n) is 7.61. The molecule has 2 aliphatic heterocycles. The maximum Gasteiger partial charge on any atom is 0.230 e. The number of sulfonamides is 1. The highest BCUT2D eigenvalue weighted by molar-refractivity contribution is 7.88. The number of carbonyl (C=O) groups is 1. The Kier molecular flexibility index (Phi) is 4.99. The van der Waals surface area contributed by atoms with E-state index >= 15 is 0 Å². The number of likely N-dealkylation sites (tertiary alicyclic amines) is 1. The summed E-state index contributed by atoms with van der Waals surface area (Å²) in [6, 6.07) is 0. The van der Waals surface area contributed by atoms with Crippen molar-refractivity contribution in [3.8, 4) is 0 Å². The van der Waals surface area contributed by atoms with E-state index in [2.05, 4.69) is 10.0 Å². The van der Waals surface area contributed by atoms with Crippen molar-refractivity contribution in [3.63, 3.8) is 0 Å². The van der Waals surface area contributed by atoms with Crippen LogP contribution in [0.5, 0.6) is 0 Å². The zero-order valence-corrected chi connectivity index (χ0v) is 14.8. The molecule has 0 aromatic rings. The summed E-state index contributed by atoms with van der Waals surface area (Å²) in [5.41, 5.74) is -0.190. The first-order valence-corrected chi connectivity index (χ1v) is 10.7. The smallest absolute Gasteiger partial charge is 0.230 e. The maximum absolute atomic E-state index is 13.3. The Bertz CT molecular complexity index is 551. The summed E-state index contributed by atoms with van der Waals surface area (Å²) < 4.78 is 25.2. The molecule has 0 spiro atoms. The molecule has 0 aromatic heterocycles. The zero-order valence-electron chi connectivity index (χ0n) is 14.0. The summed E-state index contributed by atoms with van der Waals surface area (Å²) in [6.45, 7) is 3.74. The van der Waals surface area contributed by atoms with Gasteiger partial charge in [-0.3, -0.25) is 4.79 Å². The first kappa shape index (κ1) is 17.2. The van der Waals surface area contributed by atoms with Gasteiger partial charge in [-0.2, -0.15) is 0 Å². The van der Waals surface area contributed by atoms with E-state index in [9.17, 15) is 13.2 Å². The Morgan fingerprint density at radius 1 is 1.30 bits per heavy atom. The van der Waals surface area contributed by atoms with E-state index in [-0.39, 0.29) is 11.3 Å².